The second kappa shape index (κ2) is 7.36. The summed E-state index contributed by atoms with van der Waals surface area (Å²) in [7, 11) is 0. The number of hydrogen-bond acceptors (Lipinski definition) is 3. The molecule has 0 saturated heterocycles. The first-order valence-corrected chi connectivity index (χ1v) is 7.25. The fourth-order valence-corrected chi connectivity index (χ4v) is 2.12. The molecule has 106 valence electrons. The summed E-state index contributed by atoms with van der Waals surface area (Å²) in [6.07, 6.45) is 4.30. The largest absolute Gasteiger partial charge is 0.456 e. The highest BCUT2D eigenvalue weighted by Crippen LogP contribution is 2.25. The summed E-state index contributed by atoms with van der Waals surface area (Å²) in [5, 5.41) is 3.24. The van der Waals surface area contributed by atoms with E-state index in [-0.39, 0.29) is 5.82 Å². The van der Waals surface area contributed by atoms with Crippen LogP contribution in [0.3, 0.4) is 0 Å². The molecule has 0 unspecified atom stereocenters. The second-order valence-electron chi connectivity index (χ2n) is 4.41. The Morgan fingerprint density at radius 1 is 1.20 bits per heavy atom. The zero-order chi connectivity index (χ0) is 14.4. The van der Waals surface area contributed by atoms with Crippen LogP contribution in [0.5, 0.6) is 11.5 Å². The van der Waals surface area contributed by atoms with Crippen LogP contribution in [-0.4, -0.2) is 11.5 Å². The van der Waals surface area contributed by atoms with Crippen LogP contribution in [0.25, 0.3) is 0 Å². The van der Waals surface area contributed by atoms with E-state index in [2.05, 4.69) is 33.2 Å². The number of rotatable bonds is 6. The molecule has 3 nitrogen and oxygen atoms in total. The van der Waals surface area contributed by atoms with Gasteiger partial charge in [0, 0.05) is 23.3 Å². The molecule has 1 heterocycles. The highest BCUT2D eigenvalue weighted by atomic mass is 79.9. The maximum absolute atomic E-state index is 13.6. The normalized spacial score (nSPS) is 10.6. The molecule has 0 bridgehead atoms. The molecule has 0 saturated carbocycles. The Morgan fingerprint density at radius 3 is 2.80 bits per heavy atom. The van der Waals surface area contributed by atoms with Crippen molar-refractivity contribution in [2.45, 2.75) is 19.9 Å². The van der Waals surface area contributed by atoms with Crippen molar-refractivity contribution in [3.8, 4) is 11.5 Å². The Kier molecular flexibility index (Phi) is 5.49. The number of hydrogen-bond donors (Lipinski definition) is 1. The Bertz CT molecular complexity index is 578. The van der Waals surface area contributed by atoms with E-state index < -0.39 is 0 Å². The smallest absolute Gasteiger partial charge is 0.146 e. The Morgan fingerprint density at radius 2 is 2.05 bits per heavy atom. The Hall–Kier alpha value is -1.46. The summed E-state index contributed by atoms with van der Waals surface area (Å²) in [6.45, 7) is 3.62. The maximum atomic E-state index is 13.6. The number of aromatic nitrogens is 1. The minimum absolute atomic E-state index is 0.307. The fourth-order valence-electron chi connectivity index (χ4n) is 1.78. The van der Waals surface area contributed by atoms with Gasteiger partial charge in [-0.25, -0.2) is 4.39 Å². The van der Waals surface area contributed by atoms with E-state index in [1.54, 1.807) is 18.5 Å². The van der Waals surface area contributed by atoms with E-state index >= 15 is 0 Å². The third-order valence-corrected chi connectivity index (χ3v) is 3.04. The highest BCUT2D eigenvalue weighted by molar-refractivity contribution is 9.10. The number of nitrogens with zero attached hydrogens (tertiary/aromatic N) is 1. The third-order valence-electron chi connectivity index (χ3n) is 2.60. The van der Waals surface area contributed by atoms with Gasteiger partial charge in [-0.2, -0.15) is 0 Å². The zero-order valence-electron chi connectivity index (χ0n) is 11.2. The first-order valence-electron chi connectivity index (χ1n) is 6.46. The summed E-state index contributed by atoms with van der Waals surface area (Å²) in [5.74, 6) is 0.731. The number of nitrogens with one attached hydrogen (secondary N) is 1. The third kappa shape index (κ3) is 4.58. The quantitative estimate of drug-likeness (QED) is 0.798. The van der Waals surface area contributed by atoms with Gasteiger partial charge in [0.1, 0.15) is 17.3 Å². The Balaban J connectivity index is 2.11. The van der Waals surface area contributed by atoms with Crippen LogP contribution in [0.15, 0.2) is 41.1 Å². The molecule has 0 aliphatic heterocycles. The topological polar surface area (TPSA) is 34.1 Å². The van der Waals surface area contributed by atoms with Gasteiger partial charge in [-0.3, -0.25) is 4.98 Å². The molecule has 0 atom stereocenters. The molecule has 0 spiro atoms. The van der Waals surface area contributed by atoms with Crippen molar-refractivity contribution < 1.29 is 9.13 Å². The predicted molar refractivity (Wildman–Crippen MR) is 80.4 cm³/mol. The maximum Gasteiger partial charge on any atom is 0.146 e. The minimum Gasteiger partial charge on any atom is -0.456 e. The fraction of sp³-hybridized carbons (Fsp3) is 0.267. The molecule has 1 N–H and O–H groups in total. The van der Waals surface area contributed by atoms with Gasteiger partial charge in [-0.05, 0) is 52.7 Å². The van der Waals surface area contributed by atoms with Gasteiger partial charge >= 0.3 is 0 Å². The standard InChI is InChI=1S/C15H16BrFN2O/c1-2-3-18-8-11-4-13(17)7-14(5-11)20-15-6-12(16)9-19-10-15/h4-7,9-10,18H,2-3,8H2,1H3. The van der Waals surface area contributed by atoms with Crippen LogP contribution >= 0.6 is 15.9 Å². The van der Waals surface area contributed by atoms with E-state index in [0.29, 0.717) is 18.0 Å². The summed E-state index contributed by atoms with van der Waals surface area (Å²) in [6, 6.07) is 6.48. The van der Waals surface area contributed by atoms with Crippen molar-refractivity contribution in [1.82, 2.24) is 10.3 Å². The second-order valence-corrected chi connectivity index (χ2v) is 5.33. The van der Waals surface area contributed by atoms with Crippen LogP contribution in [0, 0.1) is 5.82 Å². The van der Waals surface area contributed by atoms with E-state index in [1.807, 2.05) is 6.07 Å². The number of ether oxygens (including phenoxy) is 1. The van der Waals surface area contributed by atoms with Crippen LogP contribution < -0.4 is 10.1 Å². The average Bonchev–Trinajstić information content (AvgIpc) is 2.38. The molecule has 0 aliphatic carbocycles. The highest BCUT2D eigenvalue weighted by Gasteiger charge is 2.04. The molecule has 0 radical (unpaired) electrons. The monoisotopic (exact) mass is 338 g/mol. The summed E-state index contributed by atoms with van der Waals surface area (Å²) in [5.41, 5.74) is 0.858. The van der Waals surface area contributed by atoms with Crippen molar-refractivity contribution >= 4 is 15.9 Å². The lowest BCUT2D eigenvalue weighted by Crippen LogP contribution is -2.13. The first kappa shape index (κ1) is 14.9. The number of pyridine rings is 1. The number of halogens is 2. The zero-order valence-corrected chi connectivity index (χ0v) is 12.8. The number of benzene rings is 1. The molecule has 0 fully saturated rings. The lowest BCUT2D eigenvalue weighted by molar-refractivity contribution is 0.472. The molecule has 1 aromatic carbocycles. The molecule has 0 amide bonds. The molecule has 1 aromatic heterocycles. The van der Waals surface area contributed by atoms with Gasteiger partial charge in [0.05, 0.1) is 6.20 Å². The molecule has 2 rings (SSSR count). The predicted octanol–water partition coefficient (Wildman–Crippen LogP) is 4.28. The van der Waals surface area contributed by atoms with Gasteiger partial charge in [0.25, 0.3) is 0 Å². The van der Waals surface area contributed by atoms with Gasteiger partial charge in [-0.1, -0.05) is 6.92 Å². The van der Waals surface area contributed by atoms with E-state index in [0.717, 1.165) is 23.0 Å². The van der Waals surface area contributed by atoms with Crippen LogP contribution in [0.4, 0.5) is 4.39 Å². The summed E-state index contributed by atoms with van der Waals surface area (Å²) < 4.78 is 20.0. The molecule has 0 aliphatic rings. The first-order chi connectivity index (χ1) is 9.67. The summed E-state index contributed by atoms with van der Waals surface area (Å²) >= 11 is 3.32. The van der Waals surface area contributed by atoms with E-state index in [9.17, 15) is 4.39 Å². The molecule has 5 heteroatoms. The van der Waals surface area contributed by atoms with Crippen molar-refractivity contribution in [1.29, 1.82) is 0 Å². The van der Waals surface area contributed by atoms with Crippen molar-refractivity contribution in [2.75, 3.05) is 6.54 Å². The van der Waals surface area contributed by atoms with Crippen LogP contribution in [0.2, 0.25) is 0 Å². The lowest BCUT2D eigenvalue weighted by atomic mass is 10.2. The van der Waals surface area contributed by atoms with Crippen molar-refractivity contribution in [3.63, 3.8) is 0 Å². The van der Waals surface area contributed by atoms with E-state index in [1.165, 1.54) is 12.1 Å². The summed E-state index contributed by atoms with van der Waals surface area (Å²) in [4.78, 5) is 4.01. The van der Waals surface area contributed by atoms with E-state index in [4.69, 9.17) is 4.74 Å². The molecular weight excluding hydrogens is 323 g/mol. The average molecular weight is 339 g/mol. The van der Waals surface area contributed by atoms with Gasteiger partial charge in [0.2, 0.25) is 0 Å². The van der Waals surface area contributed by atoms with Crippen LogP contribution in [0.1, 0.15) is 18.9 Å². The molecular formula is C15H16BrFN2O. The lowest BCUT2D eigenvalue weighted by Gasteiger charge is -2.09. The van der Waals surface area contributed by atoms with Crippen LogP contribution in [-0.2, 0) is 6.54 Å². The van der Waals surface area contributed by atoms with Gasteiger partial charge < -0.3 is 10.1 Å². The van der Waals surface area contributed by atoms with Gasteiger partial charge in [0.15, 0.2) is 0 Å². The molecule has 20 heavy (non-hydrogen) atoms. The van der Waals surface area contributed by atoms with Crippen molar-refractivity contribution in [3.05, 3.63) is 52.5 Å². The van der Waals surface area contributed by atoms with Gasteiger partial charge in [-0.15, -0.1) is 0 Å². The Labute approximate surface area is 126 Å². The minimum atomic E-state index is -0.307. The SMILES string of the molecule is CCCNCc1cc(F)cc(Oc2cncc(Br)c2)c1. The molecule has 2 aromatic rings. The van der Waals surface area contributed by atoms with Crippen molar-refractivity contribution in [2.24, 2.45) is 0 Å².